The molecule has 7 heteroatoms. The average Bonchev–Trinajstić information content (AvgIpc) is 3.18. The highest BCUT2D eigenvalue weighted by atomic mass is 35.5. The van der Waals surface area contributed by atoms with Crippen molar-refractivity contribution < 1.29 is 19.1 Å². The normalized spacial score (nSPS) is 20.6. The number of aliphatic hydroxyl groups is 1. The number of ketones is 1. The van der Waals surface area contributed by atoms with Gasteiger partial charge in [-0.1, -0.05) is 78.2 Å². The van der Waals surface area contributed by atoms with Gasteiger partial charge < -0.3 is 10.0 Å². The van der Waals surface area contributed by atoms with E-state index in [4.69, 9.17) is 11.6 Å². The Morgan fingerprint density at radius 1 is 0.974 bits per heavy atom. The molecule has 2 saturated heterocycles. The van der Waals surface area contributed by atoms with Crippen LogP contribution < -0.4 is 0 Å². The Hall–Kier alpha value is -3.48. The van der Waals surface area contributed by atoms with Crippen molar-refractivity contribution in [1.29, 1.82) is 0 Å². The van der Waals surface area contributed by atoms with Gasteiger partial charge in [-0.2, -0.15) is 0 Å². The second-order valence-electron chi connectivity index (χ2n) is 10.0. The molecule has 1 amide bonds. The number of piperidine rings is 1. The number of carbonyl (C=O) groups is 2. The molecule has 0 aliphatic carbocycles. The molecule has 0 aromatic heterocycles. The summed E-state index contributed by atoms with van der Waals surface area (Å²) in [4.78, 5) is 30.8. The van der Waals surface area contributed by atoms with E-state index >= 15 is 4.39 Å². The van der Waals surface area contributed by atoms with Gasteiger partial charge in [0.05, 0.1) is 17.7 Å². The zero-order valence-electron chi connectivity index (χ0n) is 21.2. The van der Waals surface area contributed by atoms with E-state index in [0.29, 0.717) is 10.6 Å². The van der Waals surface area contributed by atoms with E-state index in [0.717, 1.165) is 43.5 Å². The van der Waals surface area contributed by atoms with Crippen LogP contribution in [0.5, 0.6) is 0 Å². The first kappa shape index (κ1) is 26.1. The fraction of sp³-hybridized carbons (Fsp3) is 0.290. The van der Waals surface area contributed by atoms with E-state index in [1.54, 1.807) is 30.3 Å². The van der Waals surface area contributed by atoms with Crippen molar-refractivity contribution in [3.8, 4) is 0 Å². The number of amides is 1. The van der Waals surface area contributed by atoms with Crippen molar-refractivity contribution in [1.82, 2.24) is 9.80 Å². The Labute approximate surface area is 227 Å². The molecule has 3 aromatic rings. The summed E-state index contributed by atoms with van der Waals surface area (Å²) in [5.41, 5.74) is 2.43. The Morgan fingerprint density at radius 2 is 1.63 bits per heavy atom. The van der Waals surface area contributed by atoms with Gasteiger partial charge in [0.1, 0.15) is 11.6 Å². The van der Waals surface area contributed by atoms with Gasteiger partial charge in [0.2, 0.25) is 0 Å². The number of rotatable bonds is 6. The molecule has 2 aliphatic rings. The van der Waals surface area contributed by atoms with Crippen molar-refractivity contribution in [2.45, 2.75) is 38.3 Å². The number of likely N-dealkylation sites (tertiary alicyclic amines) is 2. The van der Waals surface area contributed by atoms with Gasteiger partial charge in [-0.3, -0.25) is 14.5 Å². The van der Waals surface area contributed by atoms with Gasteiger partial charge in [0, 0.05) is 22.7 Å². The number of benzene rings is 3. The molecule has 2 aliphatic heterocycles. The summed E-state index contributed by atoms with van der Waals surface area (Å²) in [6.07, 6.45) is 3.21. The molecule has 3 aromatic carbocycles. The molecule has 2 heterocycles. The van der Waals surface area contributed by atoms with Crippen LogP contribution in [0.2, 0.25) is 5.02 Å². The predicted molar refractivity (Wildman–Crippen MR) is 146 cm³/mol. The zero-order valence-corrected chi connectivity index (χ0v) is 22.0. The first-order valence-electron chi connectivity index (χ1n) is 12.9. The lowest BCUT2D eigenvalue weighted by Gasteiger charge is -2.38. The van der Waals surface area contributed by atoms with Crippen molar-refractivity contribution in [2.24, 2.45) is 0 Å². The van der Waals surface area contributed by atoms with Crippen LogP contribution >= 0.6 is 11.6 Å². The molecule has 2 atom stereocenters. The van der Waals surface area contributed by atoms with Gasteiger partial charge in [0.15, 0.2) is 0 Å². The number of halogens is 2. The number of hydrogen-bond acceptors (Lipinski definition) is 4. The second-order valence-corrected chi connectivity index (χ2v) is 10.4. The summed E-state index contributed by atoms with van der Waals surface area (Å²) in [6.45, 7) is 3.78. The molecule has 0 saturated carbocycles. The van der Waals surface area contributed by atoms with Gasteiger partial charge in [0.25, 0.3) is 11.7 Å². The third-order valence-corrected chi connectivity index (χ3v) is 7.77. The lowest BCUT2D eigenvalue weighted by atomic mass is 9.94. The van der Waals surface area contributed by atoms with Crippen molar-refractivity contribution in [2.75, 3.05) is 19.6 Å². The minimum absolute atomic E-state index is 0.0996. The van der Waals surface area contributed by atoms with E-state index in [1.165, 1.54) is 11.0 Å². The summed E-state index contributed by atoms with van der Waals surface area (Å²) < 4.78 is 15.2. The molecular formula is C31H30ClFN2O3. The summed E-state index contributed by atoms with van der Waals surface area (Å²) >= 11 is 6.16. The van der Waals surface area contributed by atoms with Gasteiger partial charge in [-0.05, 0) is 56.6 Å². The highest BCUT2D eigenvalue weighted by Gasteiger charge is 2.48. The van der Waals surface area contributed by atoms with Crippen molar-refractivity contribution >= 4 is 29.1 Å². The monoisotopic (exact) mass is 532 g/mol. The number of aryl methyl sites for hydroxylation is 1. The smallest absolute Gasteiger partial charge is 0.295 e. The van der Waals surface area contributed by atoms with Crippen molar-refractivity contribution in [3.05, 3.63) is 111 Å². The molecule has 0 bridgehead atoms. The third kappa shape index (κ3) is 5.11. The molecule has 5 rings (SSSR count). The highest BCUT2D eigenvalue weighted by Crippen LogP contribution is 2.42. The fourth-order valence-electron chi connectivity index (χ4n) is 5.49. The van der Waals surface area contributed by atoms with Gasteiger partial charge in [-0.15, -0.1) is 0 Å². The second kappa shape index (κ2) is 11.1. The predicted octanol–water partition coefficient (Wildman–Crippen LogP) is 6.44. The molecule has 38 heavy (non-hydrogen) atoms. The van der Waals surface area contributed by atoms with Crippen LogP contribution in [0, 0.1) is 12.7 Å². The van der Waals surface area contributed by atoms with E-state index < -0.39 is 23.5 Å². The van der Waals surface area contributed by atoms with E-state index in [9.17, 15) is 14.7 Å². The number of aliphatic hydroxyl groups excluding tert-OH is 1. The molecule has 2 unspecified atom stereocenters. The topological polar surface area (TPSA) is 60.9 Å². The van der Waals surface area contributed by atoms with Crippen LogP contribution in [0.4, 0.5) is 4.39 Å². The van der Waals surface area contributed by atoms with Crippen LogP contribution in [0.25, 0.3) is 5.76 Å². The van der Waals surface area contributed by atoms with Crippen LogP contribution in [0.1, 0.15) is 53.6 Å². The standard InChI is InChI=1S/C31H30ClFN2O3/c1-20-9-11-22(12-10-20)29(36)27-28(24-7-3-4-8-25(24)33)35(31(38)30(27)37)19-26(34-17-5-2-6-18-34)21-13-15-23(32)16-14-21/h3-4,7-16,26,28,36H,2,5-6,17-19H2,1H3. The van der Waals surface area contributed by atoms with Crippen LogP contribution in [-0.2, 0) is 9.59 Å². The molecule has 196 valence electrons. The number of carbonyl (C=O) groups excluding carboxylic acids is 2. The summed E-state index contributed by atoms with van der Waals surface area (Å²) in [7, 11) is 0. The van der Waals surface area contributed by atoms with E-state index in [-0.39, 0.29) is 29.5 Å². The Balaban J connectivity index is 1.62. The number of hydrogen-bond donors (Lipinski definition) is 1. The Morgan fingerprint density at radius 3 is 2.29 bits per heavy atom. The van der Waals surface area contributed by atoms with Crippen LogP contribution in [0.3, 0.4) is 0 Å². The van der Waals surface area contributed by atoms with Gasteiger partial charge >= 0.3 is 0 Å². The average molecular weight is 533 g/mol. The first-order chi connectivity index (χ1) is 18.3. The molecule has 1 N–H and O–H groups in total. The maximum Gasteiger partial charge on any atom is 0.295 e. The summed E-state index contributed by atoms with van der Waals surface area (Å²) in [5, 5.41) is 11.9. The highest BCUT2D eigenvalue weighted by molar-refractivity contribution is 6.46. The number of Topliss-reactive ketones (excluding diaryl/α,β-unsaturated/α-hetero) is 1. The Bertz CT molecular complexity index is 1360. The lowest BCUT2D eigenvalue weighted by molar-refractivity contribution is -0.140. The number of nitrogens with zero attached hydrogens (tertiary/aromatic N) is 2. The quantitative estimate of drug-likeness (QED) is 0.225. The zero-order chi connectivity index (χ0) is 26.8. The van der Waals surface area contributed by atoms with Crippen molar-refractivity contribution in [3.63, 3.8) is 0 Å². The maximum atomic E-state index is 15.2. The third-order valence-electron chi connectivity index (χ3n) is 7.52. The maximum absolute atomic E-state index is 15.2. The first-order valence-corrected chi connectivity index (χ1v) is 13.3. The Kier molecular flexibility index (Phi) is 7.63. The minimum Gasteiger partial charge on any atom is -0.507 e. The van der Waals surface area contributed by atoms with Crippen LogP contribution in [0.15, 0.2) is 78.4 Å². The molecular weight excluding hydrogens is 503 g/mol. The van der Waals surface area contributed by atoms with Crippen LogP contribution in [-0.4, -0.2) is 46.2 Å². The minimum atomic E-state index is -1.06. The molecule has 0 spiro atoms. The largest absolute Gasteiger partial charge is 0.507 e. The molecule has 5 nitrogen and oxygen atoms in total. The SMILES string of the molecule is Cc1ccc(C(O)=C2C(=O)C(=O)N(CC(c3ccc(Cl)cc3)N3CCCCC3)C2c2ccccc2F)cc1. The lowest BCUT2D eigenvalue weighted by Crippen LogP contribution is -2.42. The van der Waals surface area contributed by atoms with E-state index in [1.807, 2.05) is 43.3 Å². The summed E-state index contributed by atoms with van der Waals surface area (Å²) in [6, 6.07) is 19.3. The van der Waals surface area contributed by atoms with E-state index in [2.05, 4.69) is 4.90 Å². The van der Waals surface area contributed by atoms with Gasteiger partial charge in [-0.25, -0.2) is 4.39 Å². The molecule has 2 fully saturated rings. The molecule has 0 radical (unpaired) electrons. The fourth-order valence-corrected chi connectivity index (χ4v) is 5.61. The summed E-state index contributed by atoms with van der Waals surface area (Å²) in [5.74, 6) is -2.41.